The van der Waals surface area contributed by atoms with Gasteiger partial charge in [0.1, 0.15) is 0 Å². The van der Waals surface area contributed by atoms with Gasteiger partial charge < -0.3 is 4.52 Å². The second-order valence-corrected chi connectivity index (χ2v) is 7.44. The van der Waals surface area contributed by atoms with E-state index >= 15 is 0 Å². The maximum Gasteiger partial charge on any atom is 0.243 e. The highest BCUT2D eigenvalue weighted by Crippen LogP contribution is 2.39. The minimum Gasteiger partial charge on any atom is -0.338 e. The van der Waals surface area contributed by atoms with Crippen molar-refractivity contribution in [2.75, 3.05) is 6.54 Å². The van der Waals surface area contributed by atoms with Crippen molar-refractivity contribution in [2.45, 2.75) is 77.4 Å². The van der Waals surface area contributed by atoms with Crippen LogP contribution in [0, 0.1) is 13.8 Å². The summed E-state index contributed by atoms with van der Waals surface area (Å²) < 4.78 is 7.73. The molecule has 0 amide bonds. The summed E-state index contributed by atoms with van der Waals surface area (Å²) in [6.45, 7) is 8.42. The predicted octanol–water partition coefficient (Wildman–Crippen LogP) is 3.38. The van der Waals surface area contributed by atoms with E-state index in [1.165, 1.54) is 37.8 Å². The Hall–Kier alpha value is -1.69. The molecule has 1 saturated carbocycles. The first-order valence-electron chi connectivity index (χ1n) is 9.22. The van der Waals surface area contributed by atoms with E-state index in [1.807, 2.05) is 0 Å². The van der Waals surface area contributed by atoms with E-state index in [9.17, 15) is 0 Å². The SMILES string of the molecule is Cc1cc(C)n(C[C@H]2CCCCN2[C@H](C)c2nc(C3CC3)no2)n1. The molecular formula is C18H27N5O. The Kier molecular flexibility index (Phi) is 4.16. The van der Waals surface area contributed by atoms with Crippen molar-refractivity contribution in [1.82, 2.24) is 24.8 Å². The van der Waals surface area contributed by atoms with Crippen LogP contribution in [0.2, 0.25) is 0 Å². The van der Waals surface area contributed by atoms with Gasteiger partial charge in [0.05, 0.1) is 18.3 Å². The van der Waals surface area contributed by atoms with Crippen molar-refractivity contribution in [3.05, 3.63) is 29.2 Å². The third-order valence-electron chi connectivity index (χ3n) is 5.41. The molecule has 0 aromatic carbocycles. The largest absolute Gasteiger partial charge is 0.338 e. The van der Waals surface area contributed by atoms with Crippen molar-refractivity contribution < 1.29 is 4.52 Å². The van der Waals surface area contributed by atoms with Crippen LogP contribution in [0.25, 0.3) is 0 Å². The molecule has 1 aliphatic carbocycles. The molecule has 1 saturated heterocycles. The quantitative estimate of drug-likeness (QED) is 0.841. The van der Waals surface area contributed by atoms with E-state index in [-0.39, 0.29) is 6.04 Å². The Morgan fingerprint density at radius 2 is 2.08 bits per heavy atom. The molecule has 0 bridgehead atoms. The van der Waals surface area contributed by atoms with E-state index in [2.05, 4.69) is 51.7 Å². The highest BCUT2D eigenvalue weighted by atomic mass is 16.5. The average molecular weight is 329 g/mol. The topological polar surface area (TPSA) is 60.0 Å². The molecule has 6 heteroatoms. The van der Waals surface area contributed by atoms with Crippen LogP contribution in [0.1, 0.15) is 74.1 Å². The fourth-order valence-corrected chi connectivity index (χ4v) is 3.85. The van der Waals surface area contributed by atoms with Gasteiger partial charge in [-0.3, -0.25) is 9.58 Å². The number of rotatable bonds is 5. The van der Waals surface area contributed by atoms with Crippen molar-refractivity contribution in [3.63, 3.8) is 0 Å². The molecule has 2 atom stereocenters. The van der Waals surface area contributed by atoms with Crippen LogP contribution < -0.4 is 0 Å². The van der Waals surface area contributed by atoms with Crippen molar-refractivity contribution in [1.29, 1.82) is 0 Å². The molecule has 2 aromatic rings. The summed E-state index contributed by atoms with van der Waals surface area (Å²) in [6.07, 6.45) is 6.13. The summed E-state index contributed by atoms with van der Waals surface area (Å²) in [5, 5.41) is 8.84. The molecule has 0 spiro atoms. The summed E-state index contributed by atoms with van der Waals surface area (Å²) in [7, 11) is 0. The second-order valence-electron chi connectivity index (χ2n) is 7.44. The number of likely N-dealkylation sites (tertiary alicyclic amines) is 1. The zero-order valence-corrected chi connectivity index (χ0v) is 14.9. The third-order valence-corrected chi connectivity index (χ3v) is 5.41. The van der Waals surface area contributed by atoms with Gasteiger partial charge in [-0.2, -0.15) is 10.1 Å². The summed E-state index contributed by atoms with van der Waals surface area (Å²) in [4.78, 5) is 7.20. The number of aryl methyl sites for hydroxylation is 2. The van der Waals surface area contributed by atoms with Gasteiger partial charge in [0.15, 0.2) is 5.82 Å². The summed E-state index contributed by atoms with van der Waals surface area (Å²) in [6, 6.07) is 2.80. The molecule has 130 valence electrons. The molecule has 6 nitrogen and oxygen atoms in total. The minimum atomic E-state index is 0.173. The number of aromatic nitrogens is 4. The summed E-state index contributed by atoms with van der Waals surface area (Å²) in [5.41, 5.74) is 2.33. The maximum atomic E-state index is 5.58. The van der Waals surface area contributed by atoms with E-state index < -0.39 is 0 Å². The Morgan fingerprint density at radius 1 is 1.25 bits per heavy atom. The van der Waals surface area contributed by atoms with E-state index in [4.69, 9.17) is 4.52 Å². The van der Waals surface area contributed by atoms with E-state index in [0.717, 1.165) is 30.5 Å². The van der Waals surface area contributed by atoms with Gasteiger partial charge >= 0.3 is 0 Å². The van der Waals surface area contributed by atoms with Crippen molar-refractivity contribution in [2.24, 2.45) is 0 Å². The first kappa shape index (κ1) is 15.8. The normalized spacial score (nSPS) is 23.5. The molecule has 0 N–H and O–H groups in total. The number of hydrogen-bond acceptors (Lipinski definition) is 5. The van der Waals surface area contributed by atoms with Gasteiger partial charge in [0, 0.05) is 17.7 Å². The maximum absolute atomic E-state index is 5.58. The van der Waals surface area contributed by atoms with Crippen molar-refractivity contribution >= 4 is 0 Å². The predicted molar refractivity (Wildman–Crippen MR) is 90.7 cm³/mol. The molecule has 1 aliphatic heterocycles. The summed E-state index contributed by atoms with van der Waals surface area (Å²) >= 11 is 0. The lowest BCUT2D eigenvalue weighted by atomic mass is 10.00. The zero-order valence-electron chi connectivity index (χ0n) is 14.9. The molecule has 2 aromatic heterocycles. The summed E-state index contributed by atoms with van der Waals surface area (Å²) in [5.74, 6) is 2.22. The van der Waals surface area contributed by atoms with Gasteiger partial charge in [0.25, 0.3) is 0 Å². The molecule has 0 radical (unpaired) electrons. The van der Waals surface area contributed by atoms with Crippen LogP contribution in [0.3, 0.4) is 0 Å². The Balaban J connectivity index is 1.50. The van der Waals surface area contributed by atoms with Crippen LogP contribution >= 0.6 is 0 Å². The van der Waals surface area contributed by atoms with E-state index in [0.29, 0.717) is 12.0 Å². The van der Waals surface area contributed by atoms with E-state index in [1.54, 1.807) is 0 Å². The molecule has 24 heavy (non-hydrogen) atoms. The Morgan fingerprint density at radius 3 is 2.79 bits per heavy atom. The lowest BCUT2D eigenvalue weighted by Gasteiger charge is -2.38. The Labute approximate surface area is 143 Å². The first-order valence-corrected chi connectivity index (χ1v) is 9.22. The van der Waals surface area contributed by atoms with Crippen LogP contribution in [0.4, 0.5) is 0 Å². The average Bonchev–Trinajstić information content (AvgIpc) is 3.22. The number of nitrogens with zero attached hydrogens (tertiary/aromatic N) is 5. The van der Waals surface area contributed by atoms with Crippen LogP contribution in [-0.2, 0) is 6.54 Å². The van der Waals surface area contributed by atoms with Gasteiger partial charge in [-0.1, -0.05) is 11.6 Å². The van der Waals surface area contributed by atoms with Crippen LogP contribution in [0.5, 0.6) is 0 Å². The highest BCUT2D eigenvalue weighted by Gasteiger charge is 2.33. The fourth-order valence-electron chi connectivity index (χ4n) is 3.85. The standard InChI is InChI=1S/C18H27N5O/c1-12-10-13(2)23(20-12)11-16-6-4-5-9-22(16)14(3)18-19-17(21-24-18)15-7-8-15/h10,14-16H,4-9,11H2,1-3H3/t14-,16-/m1/s1. The van der Waals surface area contributed by atoms with Gasteiger partial charge in [-0.25, -0.2) is 0 Å². The zero-order chi connectivity index (χ0) is 16.7. The highest BCUT2D eigenvalue weighted by molar-refractivity contribution is 5.07. The van der Waals surface area contributed by atoms with Crippen LogP contribution in [0.15, 0.2) is 10.6 Å². The molecule has 2 aliphatic rings. The molecule has 0 unspecified atom stereocenters. The smallest absolute Gasteiger partial charge is 0.243 e. The van der Waals surface area contributed by atoms with Gasteiger partial charge in [-0.05, 0) is 59.1 Å². The number of piperidine rings is 1. The number of hydrogen-bond donors (Lipinski definition) is 0. The molecule has 2 fully saturated rings. The molecular weight excluding hydrogens is 302 g/mol. The fraction of sp³-hybridized carbons (Fsp3) is 0.722. The second kappa shape index (κ2) is 6.31. The lowest BCUT2D eigenvalue weighted by Crippen LogP contribution is -2.43. The first-order chi connectivity index (χ1) is 11.6. The Bertz CT molecular complexity index is 702. The van der Waals surface area contributed by atoms with Gasteiger partial charge in [0.2, 0.25) is 5.89 Å². The van der Waals surface area contributed by atoms with Crippen LogP contribution in [-0.4, -0.2) is 37.4 Å². The molecule has 4 rings (SSSR count). The van der Waals surface area contributed by atoms with Crippen molar-refractivity contribution in [3.8, 4) is 0 Å². The minimum absolute atomic E-state index is 0.173. The lowest BCUT2D eigenvalue weighted by molar-refractivity contribution is 0.0715. The van der Waals surface area contributed by atoms with Gasteiger partial charge in [-0.15, -0.1) is 0 Å². The third kappa shape index (κ3) is 3.11. The monoisotopic (exact) mass is 329 g/mol. The molecule has 3 heterocycles.